The fraction of sp³-hybridized carbons (Fsp3) is 0.533. The van der Waals surface area contributed by atoms with Gasteiger partial charge in [-0.3, -0.25) is 0 Å². The summed E-state index contributed by atoms with van der Waals surface area (Å²) in [5, 5.41) is 12.2. The van der Waals surface area contributed by atoms with Gasteiger partial charge in [-0.15, -0.1) is 0 Å². The Morgan fingerprint density at radius 2 is 2.15 bits per heavy atom. The first-order chi connectivity index (χ1) is 9.51. The van der Waals surface area contributed by atoms with Gasteiger partial charge in [-0.25, -0.2) is 8.42 Å². The van der Waals surface area contributed by atoms with Gasteiger partial charge in [0.1, 0.15) is 0 Å². The minimum Gasteiger partial charge on any atom is -0.310 e. The van der Waals surface area contributed by atoms with Crippen molar-refractivity contribution in [2.45, 2.75) is 43.0 Å². The third-order valence-corrected chi connectivity index (χ3v) is 5.89. The monoisotopic (exact) mass is 292 g/mol. The molecule has 108 valence electrons. The van der Waals surface area contributed by atoms with Crippen LogP contribution < -0.4 is 5.32 Å². The number of hydrogen-bond acceptors (Lipinski definition) is 4. The maximum Gasteiger partial charge on any atom is 0.179 e. The number of hydrogen-bond donors (Lipinski definition) is 1. The van der Waals surface area contributed by atoms with Crippen molar-refractivity contribution in [1.82, 2.24) is 5.32 Å². The number of nitriles is 1. The molecule has 2 rings (SSSR count). The molecule has 0 bridgehead atoms. The van der Waals surface area contributed by atoms with Gasteiger partial charge in [-0.2, -0.15) is 5.26 Å². The first-order valence-corrected chi connectivity index (χ1v) is 8.64. The predicted molar refractivity (Wildman–Crippen MR) is 78.1 cm³/mol. The molecule has 0 heterocycles. The van der Waals surface area contributed by atoms with E-state index in [0.717, 1.165) is 19.3 Å². The highest BCUT2D eigenvalue weighted by atomic mass is 32.2. The van der Waals surface area contributed by atoms with E-state index >= 15 is 0 Å². The van der Waals surface area contributed by atoms with Crippen LogP contribution in [0.5, 0.6) is 0 Å². The molecule has 0 unspecified atom stereocenters. The normalized spacial score (nSPS) is 17.2. The summed E-state index contributed by atoms with van der Waals surface area (Å²) in [6.07, 6.45) is 4.52. The largest absolute Gasteiger partial charge is 0.310 e. The van der Waals surface area contributed by atoms with Crippen molar-refractivity contribution in [3.8, 4) is 6.07 Å². The Balaban J connectivity index is 1.99. The van der Waals surface area contributed by atoms with Crippen LogP contribution in [0, 0.1) is 11.3 Å². The van der Waals surface area contributed by atoms with Crippen LogP contribution in [0.3, 0.4) is 0 Å². The van der Waals surface area contributed by atoms with Crippen molar-refractivity contribution in [3.63, 3.8) is 0 Å². The van der Waals surface area contributed by atoms with Crippen molar-refractivity contribution in [3.05, 3.63) is 29.8 Å². The zero-order valence-electron chi connectivity index (χ0n) is 11.7. The van der Waals surface area contributed by atoms with Crippen molar-refractivity contribution in [2.24, 2.45) is 0 Å². The molecule has 0 saturated heterocycles. The van der Waals surface area contributed by atoms with Gasteiger partial charge in [-0.05, 0) is 43.9 Å². The number of nitrogens with zero attached hydrogens (tertiary/aromatic N) is 1. The highest BCUT2D eigenvalue weighted by Gasteiger charge is 2.34. The van der Waals surface area contributed by atoms with Crippen LogP contribution in [-0.2, 0) is 9.84 Å². The van der Waals surface area contributed by atoms with E-state index in [1.54, 1.807) is 18.2 Å². The Morgan fingerprint density at radius 3 is 2.70 bits per heavy atom. The molecule has 5 heteroatoms. The molecule has 4 nitrogen and oxygen atoms in total. The van der Waals surface area contributed by atoms with Crippen LogP contribution in [0.25, 0.3) is 0 Å². The van der Waals surface area contributed by atoms with E-state index in [1.807, 2.05) is 6.07 Å². The summed E-state index contributed by atoms with van der Waals surface area (Å²) >= 11 is 0. The molecule has 1 aromatic rings. The van der Waals surface area contributed by atoms with Crippen molar-refractivity contribution in [2.75, 3.05) is 12.3 Å². The van der Waals surface area contributed by atoms with E-state index in [0.29, 0.717) is 12.1 Å². The first kappa shape index (κ1) is 15.0. The van der Waals surface area contributed by atoms with Crippen molar-refractivity contribution in [1.29, 1.82) is 5.26 Å². The molecule has 20 heavy (non-hydrogen) atoms. The Morgan fingerprint density at radius 1 is 1.40 bits per heavy atom. The molecule has 0 aromatic heterocycles. The van der Waals surface area contributed by atoms with Crippen molar-refractivity contribution >= 4 is 9.84 Å². The number of rotatable bonds is 6. The number of benzene rings is 1. The molecule has 0 atom stereocenters. The number of sulfone groups is 1. The molecule has 1 fully saturated rings. The summed E-state index contributed by atoms with van der Waals surface area (Å²) in [7, 11) is -3.32. The Labute approximate surface area is 120 Å². The molecule has 0 radical (unpaired) electrons. The van der Waals surface area contributed by atoms with Gasteiger partial charge in [0.15, 0.2) is 9.84 Å². The summed E-state index contributed by atoms with van der Waals surface area (Å²) in [6, 6.07) is 8.17. The van der Waals surface area contributed by atoms with E-state index in [9.17, 15) is 8.42 Å². The quantitative estimate of drug-likeness (QED) is 0.873. The smallest absolute Gasteiger partial charge is 0.179 e. The van der Waals surface area contributed by atoms with Crippen LogP contribution in [0.4, 0.5) is 0 Å². The first-order valence-electron chi connectivity index (χ1n) is 6.99. The lowest BCUT2D eigenvalue weighted by molar-refractivity contribution is 0.182. The molecule has 1 N–H and O–H groups in total. The lowest BCUT2D eigenvalue weighted by Crippen LogP contribution is -2.51. The topological polar surface area (TPSA) is 70.0 Å². The Hall–Kier alpha value is -1.38. The van der Waals surface area contributed by atoms with Crippen LogP contribution in [-0.4, -0.2) is 26.3 Å². The fourth-order valence-corrected chi connectivity index (χ4v) is 3.79. The Bertz CT molecular complexity index is 607. The van der Waals surface area contributed by atoms with Crippen LogP contribution in [0.1, 0.15) is 38.2 Å². The Kier molecular flexibility index (Phi) is 4.46. The van der Waals surface area contributed by atoms with Gasteiger partial charge in [0.25, 0.3) is 0 Å². The van der Waals surface area contributed by atoms with E-state index in [1.165, 1.54) is 12.5 Å². The highest BCUT2D eigenvalue weighted by molar-refractivity contribution is 7.91. The standard InChI is InChI=1S/C15H20N2O2S/c1-2-15(7-4-8-15)17-9-10-20(18,19)14-6-3-5-13(11-14)12-16/h3,5-6,11,17H,2,4,7-10H2,1H3. The SMILES string of the molecule is CCC1(NCCS(=O)(=O)c2cccc(C#N)c2)CCC1. The number of nitrogens with one attached hydrogen (secondary N) is 1. The van der Waals surface area contributed by atoms with Gasteiger partial charge in [-0.1, -0.05) is 13.0 Å². The van der Waals surface area contributed by atoms with Crippen LogP contribution in [0.2, 0.25) is 0 Å². The summed E-state index contributed by atoms with van der Waals surface area (Å²) in [5.74, 6) is 0.0730. The lowest BCUT2D eigenvalue weighted by Gasteiger charge is -2.42. The minimum atomic E-state index is -3.32. The summed E-state index contributed by atoms with van der Waals surface area (Å²) in [4.78, 5) is 0.234. The van der Waals surface area contributed by atoms with Gasteiger partial charge < -0.3 is 5.32 Å². The third-order valence-electron chi connectivity index (χ3n) is 4.18. The van der Waals surface area contributed by atoms with Crippen molar-refractivity contribution < 1.29 is 8.42 Å². The molecule has 0 spiro atoms. The van der Waals surface area contributed by atoms with Crippen LogP contribution >= 0.6 is 0 Å². The van der Waals surface area contributed by atoms with E-state index < -0.39 is 9.84 Å². The second-order valence-corrected chi connectivity index (χ2v) is 7.48. The summed E-state index contributed by atoms with van der Waals surface area (Å²) < 4.78 is 24.5. The van der Waals surface area contributed by atoms with Gasteiger partial charge >= 0.3 is 0 Å². The molecular formula is C15H20N2O2S. The summed E-state index contributed by atoms with van der Waals surface area (Å²) in [6.45, 7) is 2.60. The van der Waals surface area contributed by atoms with E-state index in [4.69, 9.17) is 5.26 Å². The second-order valence-electron chi connectivity index (χ2n) is 5.37. The summed E-state index contributed by atoms with van der Waals surface area (Å²) in [5.41, 5.74) is 0.535. The predicted octanol–water partition coefficient (Wildman–Crippen LogP) is 2.25. The second kappa shape index (κ2) is 5.94. The maximum atomic E-state index is 12.2. The average molecular weight is 292 g/mol. The molecule has 1 aromatic carbocycles. The molecular weight excluding hydrogens is 272 g/mol. The zero-order valence-corrected chi connectivity index (χ0v) is 12.5. The molecule has 1 saturated carbocycles. The molecule has 0 aliphatic heterocycles. The molecule has 0 amide bonds. The minimum absolute atomic E-state index is 0.0730. The highest BCUT2D eigenvalue weighted by Crippen LogP contribution is 2.34. The van der Waals surface area contributed by atoms with Gasteiger partial charge in [0.2, 0.25) is 0 Å². The van der Waals surface area contributed by atoms with E-state index in [2.05, 4.69) is 12.2 Å². The zero-order chi connectivity index (χ0) is 14.6. The van der Waals surface area contributed by atoms with E-state index in [-0.39, 0.29) is 16.2 Å². The molecule has 1 aliphatic rings. The molecule has 1 aliphatic carbocycles. The maximum absolute atomic E-state index is 12.2. The van der Waals surface area contributed by atoms with Gasteiger partial charge in [0, 0.05) is 12.1 Å². The van der Waals surface area contributed by atoms with Crippen LogP contribution in [0.15, 0.2) is 29.2 Å². The lowest BCUT2D eigenvalue weighted by atomic mass is 9.75. The average Bonchev–Trinajstić information content (AvgIpc) is 2.42. The van der Waals surface area contributed by atoms with Gasteiger partial charge in [0.05, 0.1) is 22.3 Å². The fourth-order valence-electron chi connectivity index (χ4n) is 2.59. The third kappa shape index (κ3) is 3.20.